The SMILES string of the molecule is Cc1ccc(C)c(N2C(=O)c3ccc(C(=O)OCC(=O)Nc4ccc(F)c(Cl)c4)cc3C2=O)c1. The molecule has 3 aromatic carbocycles. The topological polar surface area (TPSA) is 92.8 Å². The number of hydrogen-bond donors (Lipinski definition) is 1. The van der Waals surface area contributed by atoms with E-state index in [-0.39, 0.29) is 27.4 Å². The molecule has 34 heavy (non-hydrogen) atoms. The van der Waals surface area contributed by atoms with E-state index in [0.717, 1.165) is 22.1 Å². The van der Waals surface area contributed by atoms with E-state index in [1.165, 1.54) is 30.3 Å². The lowest BCUT2D eigenvalue weighted by Crippen LogP contribution is -2.30. The monoisotopic (exact) mass is 480 g/mol. The third-order valence-electron chi connectivity index (χ3n) is 5.27. The van der Waals surface area contributed by atoms with Gasteiger partial charge in [0.2, 0.25) is 0 Å². The van der Waals surface area contributed by atoms with Gasteiger partial charge in [0.05, 0.1) is 27.4 Å². The van der Waals surface area contributed by atoms with Crippen LogP contribution in [0, 0.1) is 19.7 Å². The van der Waals surface area contributed by atoms with Crippen LogP contribution in [0.3, 0.4) is 0 Å². The highest BCUT2D eigenvalue weighted by Crippen LogP contribution is 2.32. The van der Waals surface area contributed by atoms with Crippen molar-refractivity contribution in [3.05, 3.63) is 93.3 Å². The van der Waals surface area contributed by atoms with Crippen molar-refractivity contribution in [1.82, 2.24) is 0 Å². The van der Waals surface area contributed by atoms with Crippen LogP contribution in [0.25, 0.3) is 0 Å². The molecule has 1 N–H and O–H groups in total. The Kier molecular flexibility index (Phi) is 6.17. The fourth-order valence-electron chi connectivity index (χ4n) is 3.53. The summed E-state index contributed by atoms with van der Waals surface area (Å²) in [5, 5.41) is 2.27. The molecule has 1 aliphatic heterocycles. The molecule has 3 aromatic rings. The van der Waals surface area contributed by atoms with Gasteiger partial charge in [-0.2, -0.15) is 0 Å². The molecular formula is C25H18ClFN2O5. The van der Waals surface area contributed by atoms with E-state index in [1.54, 1.807) is 13.0 Å². The quantitative estimate of drug-likeness (QED) is 0.422. The number of fused-ring (bicyclic) bond motifs is 1. The number of carbonyl (C=O) groups excluding carboxylic acids is 4. The van der Waals surface area contributed by atoms with E-state index < -0.39 is 36.1 Å². The summed E-state index contributed by atoms with van der Waals surface area (Å²) in [6.07, 6.45) is 0. The van der Waals surface area contributed by atoms with Crippen molar-refractivity contribution >= 4 is 46.7 Å². The van der Waals surface area contributed by atoms with Crippen LogP contribution >= 0.6 is 11.6 Å². The number of benzene rings is 3. The highest BCUT2D eigenvalue weighted by Gasteiger charge is 2.38. The lowest BCUT2D eigenvalue weighted by Gasteiger charge is -2.17. The minimum atomic E-state index is -0.847. The fraction of sp³-hybridized carbons (Fsp3) is 0.120. The minimum absolute atomic E-state index is 0.0142. The van der Waals surface area contributed by atoms with E-state index in [4.69, 9.17) is 16.3 Å². The Hall–Kier alpha value is -4.04. The van der Waals surface area contributed by atoms with Crippen molar-refractivity contribution in [1.29, 1.82) is 0 Å². The van der Waals surface area contributed by atoms with Crippen LogP contribution in [-0.2, 0) is 9.53 Å². The number of hydrogen-bond acceptors (Lipinski definition) is 5. The second-order valence-electron chi connectivity index (χ2n) is 7.75. The standard InChI is InChI=1S/C25H18ClFN2O5/c1-13-3-4-14(2)21(9-13)29-23(31)17-7-5-15(10-18(17)24(29)32)25(33)34-12-22(30)28-16-6-8-20(27)19(26)11-16/h3-11H,12H2,1-2H3,(H,28,30). The molecule has 0 atom stereocenters. The van der Waals surface area contributed by atoms with Crippen LogP contribution in [0.1, 0.15) is 42.2 Å². The molecule has 1 aliphatic rings. The van der Waals surface area contributed by atoms with Crippen LogP contribution in [0.4, 0.5) is 15.8 Å². The molecule has 3 amide bonds. The maximum Gasteiger partial charge on any atom is 0.338 e. The van der Waals surface area contributed by atoms with Crippen molar-refractivity contribution in [2.45, 2.75) is 13.8 Å². The lowest BCUT2D eigenvalue weighted by atomic mass is 10.1. The third kappa shape index (κ3) is 4.40. The number of halogens is 2. The number of nitrogens with one attached hydrogen (secondary N) is 1. The average molecular weight is 481 g/mol. The van der Waals surface area contributed by atoms with Gasteiger partial charge in [-0.15, -0.1) is 0 Å². The maximum atomic E-state index is 13.2. The predicted octanol–water partition coefficient (Wildman–Crippen LogP) is 4.69. The Labute approximate surface area is 199 Å². The smallest absolute Gasteiger partial charge is 0.338 e. The van der Waals surface area contributed by atoms with E-state index in [9.17, 15) is 23.6 Å². The van der Waals surface area contributed by atoms with Crippen LogP contribution in [0.2, 0.25) is 5.02 Å². The highest BCUT2D eigenvalue weighted by molar-refractivity contribution is 6.35. The predicted molar refractivity (Wildman–Crippen MR) is 124 cm³/mol. The summed E-state index contributed by atoms with van der Waals surface area (Å²) in [6, 6.07) is 13.1. The van der Waals surface area contributed by atoms with E-state index >= 15 is 0 Å². The number of aryl methyl sites for hydroxylation is 2. The Morgan fingerprint density at radius 3 is 2.44 bits per heavy atom. The molecule has 0 unspecified atom stereocenters. The molecule has 0 spiro atoms. The Balaban J connectivity index is 1.46. The number of imide groups is 1. The first-order valence-corrected chi connectivity index (χ1v) is 10.6. The molecule has 0 aliphatic carbocycles. The molecule has 0 fully saturated rings. The maximum absolute atomic E-state index is 13.2. The summed E-state index contributed by atoms with van der Waals surface area (Å²) in [6.45, 7) is 3.04. The van der Waals surface area contributed by atoms with Gasteiger partial charge in [-0.05, 0) is 67.4 Å². The Morgan fingerprint density at radius 2 is 1.71 bits per heavy atom. The van der Waals surface area contributed by atoms with Gasteiger partial charge in [0, 0.05) is 5.69 Å². The molecule has 0 saturated carbocycles. The summed E-state index contributed by atoms with van der Waals surface area (Å²) in [5.74, 6) is -3.17. The molecular weight excluding hydrogens is 463 g/mol. The first-order chi connectivity index (χ1) is 16.2. The zero-order chi connectivity index (χ0) is 24.6. The zero-order valence-corrected chi connectivity index (χ0v) is 18.9. The Bertz CT molecular complexity index is 1370. The van der Waals surface area contributed by atoms with Gasteiger partial charge in [-0.1, -0.05) is 23.7 Å². The van der Waals surface area contributed by atoms with Crippen LogP contribution in [0.15, 0.2) is 54.6 Å². The number of ether oxygens (including phenoxy) is 1. The van der Waals surface area contributed by atoms with Crippen molar-refractivity contribution < 1.29 is 28.3 Å². The molecule has 0 saturated heterocycles. The second-order valence-corrected chi connectivity index (χ2v) is 8.16. The fourth-order valence-corrected chi connectivity index (χ4v) is 3.71. The Morgan fingerprint density at radius 1 is 0.971 bits per heavy atom. The molecule has 0 radical (unpaired) electrons. The normalized spacial score (nSPS) is 12.5. The van der Waals surface area contributed by atoms with E-state index in [0.29, 0.717) is 5.69 Å². The molecule has 7 nitrogen and oxygen atoms in total. The van der Waals surface area contributed by atoms with Crippen LogP contribution < -0.4 is 10.2 Å². The highest BCUT2D eigenvalue weighted by atomic mass is 35.5. The van der Waals surface area contributed by atoms with Gasteiger partial charge in [-0.25, -0.2) is 14.1 Å². The van der Waals surface area contributed by atoms with Gasteiger partial charge >= 0.3 is 5.97 Å². The lowest BCUT2D eigenvalue weighted by molar-refractivity contribution is -0.119. The molecule has 172 valence electrons. The number of esters is 1. The third-order valence-corrected chi connectivity index (χ3v) is 5.56. The average Bonchev–Trinajstić information content (AvgIpc) is 3.05. The van der Waals surface area contributed by atoms with Gasteiger partial charge in [0.25, 0.3) is 17.7 Å². The zero-order valence-electron chi connectivity index (χ0n) is 18.1. The number of amides is 3. The van der Waals surface area contributed by atoms with Crippen LogP contribution in [-0.4, -0.2) is 30.3 Å². The summed E-state index contributed by atoms with van der Waals surface area (Å²) in [4.78, 5) is 51.5. The van der Waals surface area contributed by atoms with E-state index in [1.807, 2.05) is 19.1 Å². The van der Waals surface area contributed by atoms with Crippen molar-refractivity contribution in [2.75, 3.05) is 16.8 Å². The second kappa shape index (κ2) is 9.07. The van der Waals surface area contributed by atoms with Crippen LogP contribution in [0.5, 0.6) is 0 Å². The summed E-state index contributed by atoms with van der Waals surface area (Å²) in [5.41, 5.74) is 2.63. The molecule has 9 heteroatoms. The summed E-state index contributed by atoms with van der Waals surface area (Å²) in [7, 11) is 0. The summed E-state index contributed by atoms with van der Waals surface area (Å²) < 4.78 is 18.2. The molecule has 4 rings (SSSR count). The van der Waals surface area contributed by atoms with Crippen molar-refractivity contribution in [3.63, 3.8) is 0 Å². The summed E-state index contributed by atoms with van der Waals surface area (Å²) >= 11 is 5.67. The molecule has 1 heterocycles. The first kappa shape index (κ1) is 23.1. The van der Waals surface area contributed by atoms with Gasteiger partial charge in [0.1, 0.15) is 5.82 Å². The van der Waals surface area contributed by atoms with Crippen molar-refractivity contribution in [3.8, 4) is 0 Å². The molecule has 0 aromatic heterocycles. The number of rotatable bonds is 5. The van der Waals surface area contributed by atoms with Crippen molar-refractivity contribution in [2.24, 2.45) is 0 Å². The van der Waals surface area contributed by atoms with Gasteiger partial charge in [0.15, 0.2) is 6.61 Å². The van der Waals surface area contributed by atoms with E-state index in [2.05, 4.69) is 5.32 Å². The first-order valence-electron chi connectivity index (χ1n) is 10.2. The number of carbonyl (C=O) groups is 4. The minimum Gasteiger partial charge on any atom is -0.452 e. The van der Waals surface area contributed by atoms with Gasteiger partial charge < -0.3 is 10.1 Å². The number of anilines is 2. The van der Waals surface area contributed by atoms with Gasteiger partial charge in [-0.3, -0.25) is 14.4 Å². The molecule has 0 bridgehead atoms. The largest absolute Gasteiger partial charge is 0.452 e. The number of nitrogens with zero attached hydrogens (tertiary/aromatic N) is 1.